The Morgan fingerprint density at radius 2 is 1.74 bits per heavy atom. The van der Waals surface area contributed by atoms with Crippen molar-refractivity contribution < 1.29 is 13.9 Å². The maximum absolute atomic E-state index is 13.6. The summed E-state index contributed by atoms with van der Waals surface area (Å²) in [6, 6.07) is 9.15. The predicted octanol–water partition coefficient (Wildman–Crippen LogP) is 4.52. The molecule has 0 aliphatic rings. The van der Waals surface area contributed by atoms with Crippen molar-refractivity contribution in [1.29, 1.82) is 0 Å². The number of ether oxygens (including phenoxy) is 1. The highest BCUT2D eigenvalue weighted by Gasteiger charge is 2.12. The highest BCUT2D eigenvalue weighted by molar-refractivity contribution is 6.35. The Bertz CT molecular complexity index is 594. The van der Waals surface area contributed by atoms with Crippen molar-refractivity contribution in [2.24, 2.45) is 0 Å². The summed E-state index contributed by atoms with van der Waals surface area (Å²) in [7, 11) is 0. The third-order valence-electron chi connectivity index (χ3n) is 2.55. The zero-order valence-electron chi connectivity index (χ0n) is 9.70. The van der Waals surface area contributed by atoms with Gasteiger partial charge in [-0.25, -0.2) is 4.39 Å². The molecule has 0 aromatic heterocycles. The summed E-state index contributed by atoms with van der Waals surface area (Å²) in [4.78, 5) is 10.8. The Labute approximate surface area is 119 Å². The highest BCUT2D eigenvalue weighted by Crippen LogP contribution is 2.27. The van der Waals surface area contributed by atoms with Crippen molar-refractivity contribution in [3.8, 4) is 5.75 Å². The van der Waals surface area contributed by atoms with Gasteiger partial charge in [-0.1, -0.05) is 35.3 Å². The Morgan fingerprint density at radius 1 is 1.11 bits per heavy atom. The lowest BCUT2D eigenvalue weighted by atomic mass is 10.2. The van der Waals surface area contributed by atoms with E-state index in [4.69, 9.17) is 27.9 Å². The average molecular weight is 299 g/mol. The van der Waals surface area contributed by atoms with Crippen LogP contribution >= 0.6 is 23.2 Å². The first kappa shape index (κ1) is 13.8. The molecule has 0 amide bonds. The van der Waals surface area contributed by atoms with Crippen LogP contribution in [0.4, 0.5) is 4.39 Å². The molecule has 0 aliphatic carbocycles. The predicted molar refractivity (Wildman–Crippen MR) is 72.6 cm³/mol. The lowest BCUT2D eigenvalue weighted by Crippen LogP contribution is -2.01. The minimum absolute atomic E-state index is 0.0136. The quantitative estimate of drug-likeness (QED) is 0.776. The van der Waals surface area contributed by atoms with Gasteiger partial charge in [0.15, 0.2) is 17.9 Å². The number of aldehydes is 1. The molecule has 0 bridgehead atoms. The van der Waals surface area contributed by atoms with Crippen LogP contribution in [0.25, 0.3) is 0 Å². The van der Waals surface area contributed by atoms with E-state index in [9.17, 15) is 9.18 Å². The maximum Gasteiger partial charge on any atom is 0.165 e. The summed E-state index contributed by atoms with van der Waals surface area (Å²) >= 11 is 12.0. The number of para-hydroxylation sites is 1. The second kappa shape index (κ2) is 6.04. The zero-order valence-corrected chi connectivity index (χ0v) is 11.2. The van der Waals surface area contributed by atoms with Gasteiger partial charge in [0.25, 0.3) is 0 Å². The summed E-state index contributed by atoms with van der Waals surface area (Å²) in [6.45, 7) is -0.0136. The largest absolute Gasteiger partial charge is 0.485 e. The number of hydrogen-bond acceptors (Lipinski definition) is 2. The summed E-state index contributed by atoms with van der Waals surface area (Å²) in [5.74, 6) is -0.707. The molecule has 0 saturated heterocycles. The Balaban J connectivity index is 2.26. The van der Waals surface area contributed by atoms with Gasteiger partial charge in [-0.05, 0) is 24.3 Å². The van der Waals surface area contributed by atoms with Crippen LogP contribution in [-0.4, -0.2) is 6.29 Å². The number of halogens is 3. The Hall–Kier alpha value is -1.58. The van der Waals surface area contributed by atoms with E-state index in [1.54, 1.807) is 18.2 Å². The van der Waals surface area contributed by atoms with Gasteiger partial charge in [-0.2, -0.15) is 0 Å². The van der Waals surface area contributed by atoms with Gasteiger partial charge in [-0.3, -0.25) is 4.79 Å². The zero-order chi connectivity index (χ0) is 13.8. The first-order valence-corrected chi connectivity index (χ1v) is 6.18. The van der Waals surface area contributed by atoms with Gasteiger partial charge in [0.2, 0.25) is 0 Å². The van der Waals surface area contributed by atoms with Gasteiger partial charge in [-0.15, -0.1) is 0 Å². The SMILES string of the molecule is O=Cc1cccc(F)c1OCc1c(Cl)cccc1Cl. The molecule has 2 rings (SSSR count). The molecule has 0 atom stereocenters. The fourth-order valence-electron chi connectivity index (χ4n) is 1.59. The molecule has 98 valence electrons. The van der Waals surface area contributed by atoms with Crippen molar-refractivity contribution in [3.05, 3.63) is 63.4 Å². The molecule has 0 spiro atoms. The van der Waals surface area contributed by atoms with Crippen LogP contribution in [0.5, 0.6) is 5.75 Å². The van der Waals surface area contributed by atoms with E-state index < -0.39 is 5.82 Å². The second-order valence-corrected chi connectivity index (χ2v) is 4.58. The molecule has 0 fully saturated rings. The topological polar surface area (TPSA) is 26.3 Å². The molecule has 2 nitrogen and oxygen atoms in total. The Morgan fingerprint density at radius 3 is 2.37 bits per heavy atom. The molecule has 0 saturated carbocycles. The normalized spacial score (nSPS) is 10.3. The second-order valence-electron chi connectivity index (χ2n) is 3.76. The molecule has 19 heavy (non-hydrogen) atoms. The maximum atomic E-state index is 13.6. The van der Waals surface area contributed by atoms with Gasteiger partial charge < -0.3 is 4.74 Å². The van der Waals surface area contributed by atoms with Gasteiger partial charge in [0.05, 0.1) is 5.56 Å². The Kier molecular flexibility index (Phi) is 4.40. The minimum atomic E-state index is -0.604. The van der Waals surface area contributed by atoms with Crippen molar-refractivity contribution >= 4 is 29.5 Å². The van der Waals surface area contributed by atoms with Gasteiger partial charge in [0.1, 0.15) is 6.61 Å². The van der Waals surface area contributed by atoms with E-state index in [0.717, 1.165) is 0 Å². The first-order valence-electron chi connectivity index (χ1n) is 5.43. The number of hydrogen-bond donors (Lipinski definition) is 0. The van der Waals surface area contributed by atoms with Crippen LogP contribution in [-0.2, 0) is 6.61 Å². The molecule has 0 radical (unpaired) electrons. The lowest BCUT2D eigenvalue weighted by Gasteiger charge is -2.11. The van der Waals surface area contributed by atoms with E-state index in [-0.39, 0.29) is 17.9 Å². The van der Waals surface area contributed by atoms with Gasteiger partial charge >= 0.3 is 0 Å². The summed E-state index contributed by atoms with van der Waals surface area (Å²) < 4.78 is 18.9. The van der Waals surface area contributed by atoms with Crippen LogP contribution in [0.3, 0.4) is 0 Å². The van der Waals surface area contributed by atoms with Crippen molar-refractivity contribution in [2.75, 3.05) is 0 Å². The number of carbonyl (C=O) groups is 1. The van der Waals surface area contributed by atoms with E-state index in [1.807, 2.05) is 0 Å². The lowest BCUT2D eigenvalue weighted by molar-refractivity contribution is 0.111. The monoisotopic (exact) mass is 298 g/mol. The minimum Gasteiger partial charge on any atom is -0.485 e. The number of carbonyl (C=O) groups excluding carboxylic acids is 1. The van der Waals surface area contributed by atoms with Crippen LogP contribution in [0.15, 0.2) is 36.4 Å². The summed E-state index contributed by atoms with van der Waals surface area (Å²) in [5.41, 5.74) is 0.689. The van der Waals surface area contributed by atoms with Crippen LogP contribution in [0.1, 0.15) is 15.9 Å². The fraction of sp³-hybridized carbons (Fsp3) is 0.0714. The molecule has 0 aliphatic heterocycles. The number of rotatable bonds is 4. The number of benzene rings is 2. The van der Waals surface area contributed by atoms with Crippen LogP contribution in [0.2, 0.25) is 10.0 Å². The smallest absolute Gasteiger partial charge is 0.165 e. The average Bonchev–Trinajstić information content (AvgIpc) is 2.39. The standard InChI is InChI=1S/C14H9Cl2FO2/c15-11-4-2-5-12(16)10(11)8-19-14-9(7-18)3-1-6-13(14)17/h1-7H,8H2. The third kappa shape index (κ3) is 3.06. The van der Waals surface area contributed by atoms with Crippen molar-refractivity contribution in [2.45, 2.75) is 6.61 Å². The van der Waals surface area contributed by atoms with Crippen molar-refractivity contribution in [3.63, 3.8) is 0 Å². The van der Waals surface area contributed by atoms with E-state index in [0.29, 0.717) is 21.9 Å². The molecule has 0 heterocycles. The molecule has 5 heteroatoms. The molecule has 2 aromatic carbocycles. The fourth-order valence-corrected chi connectivity index (χ4v) is 2.09. The highest BCUT2D eigenvalue weighted by atomic mass is 35.5. The molecular formula is C14H9Cl2FO2. The van der Waals surface area contributed by atoms with Crippen LogP contribution < -0.4 is 4.74 Å². The molecule has 0 unspecified atom stereocenters. The van der Waals surface area contributed by atoms with Crippen LogP contribution in [0, 0.1) is 5.82 Å². The summed E-state index contributed by atoms with van der Waals surface area (Å²) in [5, 5.41) is 0.855. The third-order valence-corrected chi connectivity index (χ3v) is 3.26. The van der Waals surface area contributed by atoms with E-state index >= 15 is 0 Å². The van der Waals surface area contributed by atoms with Crippen molar-refractivity contribution in [1.82, 2.24) is 0 Å². The van der Waals surface area contributed by atoms with E-state index in [1.165, 1.54) is 18.2 Å². The molecule has 0 N–H and O–H groups in total. The molecular weight excluding hydrogens is 290 g/mol. The van der Waals surface area contributed by atoms with E-state index in [2.05, 4.69) is 0 Å². The first-order chi connectivity index (χ1) is 9.13. The molecule has 2 aromatic rings. The van der Waals surface area contributed by atoms with Gasteiger partial charge in [0, 0.05) is 15.6 Å². The summed E-state index contributed by atoms with van der Waals surface area (Å²) in [6.07, 6.45) is 0.534.